The van der Waals surface area contributed by atoms with Crippen LogP contribution in [0, 0.1) is 0 Å². The van der Waals surface area contributed by atoms with E-state index in [4.69, 9.17) is 9.84 Å². The van der Waals surface area contributed by atoms with Gasteiger partial charge in [0.25, 0.3) is 0 Å². The van der Waals surface area contributed by atoms with E-state index in [2.05, 4.69) is 20.7 Å². The number of aliphatic hydroxyl groups is 1. The molecule has 0 heterocycles. The lowest BCUT2D eigenvalue weighted by Gasteiger charge is -2.19. The average Bonchev–Trinajstić information content (AvgIpc) is 2.46. The van der Waals surface area contributed by atoms with Crippen LogP contribution in [0.4, 0.5) is 26.3 Å². The van der Waals surface area contributed by atoms with Crippen molar-refractivity contribution < 1.29 is 40.9 Å². The Bertz CT molecular complexity index is 267. The summed E-state index contributed by atoms with van der Waals surface area (Å²) in [7, 11) is 1.99. The van der Waals surface area contributed by atoms with E-state index in [1.165, 1.54) is 0 Å². The van der Waals surface area contributed by atoms with Crippen LogP contribution in [0.2, 0.25) is 0 Å². The molecule has 1 N–H and O–H groups in total. The molecule has 0 spiro atoms. The summed E-state index contributed by atoms with van der Waals surface area (Å²) in [5.74, 6) is 0. The van der Waals surface area contributed by atoms with Gasteiger partial charge in [0.2, 0.25) is 0 Å². The third kappa shape index (κ3) is 16.7. The van der Waals surface area contributed by atoms with E-state index in [9.17, 15) is 26.3 Å². The number of nitrogens with zero attached hydrogens (tertiary/aromatic N) is 2. The number of ether oxygens (including phenoxy) is 2. The summed E-state index contributed by atoms with van der Waals surface area (Å²) in [4.78, 5) is 0.609. The first kappa shape index (κ1) is 26.1. The van der Waals surface area contributed by atoms with Crippen molar-refractivity contribution in [1.82, 2.24) is 9.80 Å². The van der Waals surface area contributed by atoms with Crippen molar-refractivity contribution in [3.63, 3.8) is 0 Å². The standard InChI is InChI=1S/C6H11BrF3NO.C6H12F3NO2/c1-11(6(8,9)10)3-2-4-12-5-7;1-10(6(7,8)9)3-2-4-12-5-11/h2-5H2,1H3;11H,2-5H2,1H3. The van der Waals surface area contributed by atoms with Crippen LogP contribution in [0.5, 0.6) is 0 Å². The van der Waals surface area contributed by atoms with Crippen LogP contribution < -0.4 is 0 Å². The van der Waals surface area contributed by atoms with E-state index in [1.54, 1.807) is 0 Å². The van der Waals surface area contributed by atoms with Crippen LogP contribution in [-0.2, 0) is 9.47 Å². The maximum absolute atomic E-state index is 11.8. The number of alkyl halides is 7. The summed E-state index contributed by atoms with van der Waals surface area (Å²) in [6.45, 7) is -0.127. The molecule has 0 aromatic rings. The summed E-state index contributed by atoms with van der Waals surface area (Å²) in [6.07, 6.45) is -7.88. The van der Waals surface area contributed by atoms with Gasteiger partial charge in [-0.1, -0.05) is 15.9 Å². The van der Waals surface area contributed by atoms with Crippen molar-refractivity contribution in [3.8, 4) is 0 Å². The van der Waals surface area contributed by atoms with Gasteiger partial charge < -0.3 is 14.6 Å². The molecule has 0 fully saturated rings. The van der Waals surface area contributed by atoms with Crippen molar-refractivity contribution in [2.45, 2.75) is 25.4 Å². The lowest BCUT2D eigenvalue weighted by molar-refractivity contribution is -0.237. The van der Waals surface area contributed by atoms with Crippen molar-refractivity contribution in [2.24, 2.45) is 0 Å². The highest BCUT2D eigenvalue weighted by Gasteiger charge is 2.33. The van der Waals surface area contributed by atoms with Crippen LogP contribution in [0.15, 0.2) is 0 Å². The highest BCUT2D eigenvalue weighted by Crippen LogP contribution is 2.19. The molecule has 0 saturated heterocycles. The van der Waals surface area contributed by atoms with E-state index < -0.39 is 19.4 Å². The van der Waals surface area contributed by atoms with E-state index in [1.807, 2.05) is 0 Å². The Balaban J connectivity index is 0. The maximum atomic E-state index is 11.8. The van der Waals surface area contributed by atoms with Crippen molar-refractivity contribution in [1.29, 1.82) is 0 Å². The van der Waals surface area contributed by atoms with Gasteiger partial charge in [0.15, 0.2) is 0 Å². The molecule has 0 aliphatic heterocycles. The second kappa shape index (κ2) is 14.1. The monoisotopic (exact) mass is 436 g/mol. The van der Waals surface area contributed by atoms with Gasteiger partial charge in [0.05, 0.1) is 6.61 Å². The SMILES string of the molecule is CN(CCCOCBr)C(F)(F)F.CN(CCCOCO)C(F)(F)F. The van der Waals surface area contributed by atoms with Gasteiger partial charge in [-0.15, -0.1) is 0 Å². The van der Waals surface area contributed by atoms with Crippen LogP contribution in [0.1, 0.15) is 12.8 Å². The van der Waals surface area contributed by atoms with E-state index in [0.717, 1.165) is 14.1 Å². The third-order valence-corrected chi connectivity index (χ3v) is 2.92. The zero-order chi connectivity index (χ0) is 19.2. The number of rotatable bonds is 10. The van der Waals surface area contributed by atoms with E-state index in [0.29, 0.717) is 23.4 Å². The Hall–Kier alpha value is -0.140. The number of hydrogen-bond acceptors (Lipinski definition) is 5. The molecular weight excluding hydrogens is 414 g/mol. The van der Waals surface area contributed by atoms with Gasteiger partial charge in [0.1, 0.15) is 12.3 Å². The van der Waals surface area contributed by atoms with Gasteiger partial charge in [0, 0.05) is 19.7 Å². The largest absolute Gasteiger partial charge is 0.459 e. The number of hydrogen-bond donors (Lipinski definition) is 1. The fraction of sp³-hybridized carbons (Fsp3) is 1.00. The highest BCUT2D eigenvalue weighted by atomic mass is 79.9. The van der Waals surface area contributed by atoms with E-state index >= 15 is 0 Å². The van der Waals surface area contributed by atoms with Crippen LogP contribution in [-0.4, -0.2) is 80.2 Å². The molecule has 0 saturated carbocycles. The summed E-state index contributed by atoms with van der Waals surface area (Å²) < 4.78 is 80.2. The van der Waals surface area contributed by atoms with Gasteiger partial charge in [-0.05, 0) is 26.9 Å². The lowest BCUT2D eigenvalue weighted by Crippen LogP contribution is -2.35. The van der Waals surface area contributed by atoms with Crippen molar-refractivity contribution in [3.05, 3.63) is 0 Å². The summed E-state index contributed by atoms with van der Waals surface area (Å²) in [6, 6.07) is 0. The van der Waals surface area contributed by atoms with Gasteiger partial charge in [-0.25, -0.2) is 9.80 Å². The van der Waals surface area contributed by atoms with Crippen molar-refractivity contribution >= 4 is 15.9 Å². The predicted octanol–water partition coefficient (Wildman–Crippen LogP) is 2.99. The molecule has 0 atom stereocenters. The zero-order valence-corrected chi connectivity index (χ0v) is 15.0. The summed E-state index contributed by atoms with van der Waals surface area (Å²) >= 11 is 3.00. The summed E-state index contributed by atoms with van der Waals surface area (Å²) in [5.41, 5.74) is 0.364. The predicted molar refractivity (Wildman–Crippen MR) is 79.4 cm³/mol. The second-order valence-corrected chi connectivity index (χ2v) is 5.00. The fourth-order valence-corrected chi connectivity index (χ4v) is 1.41. The van der Waals surface area contributed by atoms with Crippen molar-refractivity contribution in [2.75, 3.05) is 52.7 Å². The Kier molecular flexibility index (Phi) is 15.3. The number of aliphatic hydroxyl groups excluding tert-OH is 1. The fourth-order valence-electron chi connectivity index (χ4n) is 1.18. The van der Waals surface area contributed by atoms with Gasteiger partial charge in [-0.2, -0.15) is 26.3 Å². The molecule has 0 amide bonds. The van der Waals surface area contributed by atoms with Gasteiger partial charge >= 0.3 is 12.6 Å². The molecule has 12 heteroatoms. The third-order valence-electron chi connectivity index (χ3n) is 2.60. The summed E-state index contributed by atoms with van der Waals surface area (Å²) in [5, 5.41) is 8.13. The molecule has 0 aromatic carbocycles. The molecule has 0 aliphatic rings. The Morgan fingerprint density at radius 2 is 1.21 bits per heavy atom. The number of halogens is 7. The Morgan fingerprint density at radius 1 is 0.833 bits per heavy atom. The van der Waals surface area contributed by atoms with Crippen LogP contribution in [0.25, 0.3) is 0 Å². The Morgan fingerprint density at radius 3 is 1.50 bits per heavy atom. The molecule has 0 aliphatic carbocycles. The quantitative estimate of drug-likeness (QED) is 0.187. The topological polar surface area (TPSA) is 45.2 Å². The second-order valence-electron chi connectivity index (χ2n) is 4.54. The first-order chi connectivity index (χ1) is 11.0. The molecule has 0 unspecified atom stereocenters. The molecule has 0 aromatic heterocycles. The highest BCUT2D eigenvalue weighted by molar-refractivity contribution is 9.09. The van der Waals surface area contributed by atoms with Crippen LogP contribution in [0.3, 0.4) is 0 Å². The minimum absolute atomic E-state index is 0.0312. The molecule has 0 bridgehead atoms. The molecule has 148 valence electrons. The molecule has 0 radical (unpaired) electrons. The normalized spacial score (nSPS) is 12.5. The van der Waals surface area contributed by atoms with Crippen LogP contribution >= 0.6 is 15.9 Å². The lowest BCUT2D eigenvalue weighted by atomic mass is 10.4. The molecule has 5 nitrogen and oxygen atoms in total. The molecule has 24 heavy (non-hydrogen) atoms. The molecular formula is C12H23BrF6N2O3. The molecule has 0 rings (SSSR count). The smallest absolute Gasteiger partial charge is 0.371 e. The average molecular weight is 437 g/mol. The zero-order valence-electron chi connectivity index (χ0n) is 13.5. The minimum Gasteiger partial charge on any atom is -0.371 e. The first-order valence-corrected chi connectivity index (χ1v) is 7.97. The van der Waals surface area contributed by atoms with Gasteiger partial charge in [-0.3, -0.25) is 0 Å². The van der Waals surface area contributed by atoms with E-state index in [-0.39, 0.29) is 31.0 Å². The minimum atomic E-state index is -4.28. The first-order valence-electron chi connectivity index (χ1n) is 6.85. The Labute approximate surface area is 145 Å². The maximum Gasteiger partial charge on any atom is 0.459 e.